The van der Waals surface area contributed by atoms with Gasteiger partial charge in [-0.05, 0) is 64.0 Å². The molecule has 2 heterocycles. The summed E-state index contributed by atoms with van der Waals surface area (Å²) >= 11 is 0. The third-order valence-electron chi connectivity index (χ3n) is 7.12. The largest absolute Gasteiger partial charge is 0.340 e. The van der Waals surface area contributed by atoms with E-state index in [9.17, 15) is 9.59 Å². The lowest BCUT2D eigenvalue weighted by Crippen LogP contribution is -2.53. The van der Waals surface area contributed by atoms with Gasteiger partial charge in [-0.15, -0.1) is 0 Å². The molecule has 1 aromatic carbocycles. The maximum atomic E-state index is 13.0. The molecule has 0 atom stereocenters. The van der Waals surface area contributed by atoms with Gasteiger partial charge in [0.25, 0.3) is 0 Å². The Labute approximate surface area is 180 Å². The van der Waals surface area contributed by atoms with Gasteiger partial charge in [0.05, 0.1) is 0 Å². The summed E-state index contributed by atoms with van der Waals surface area (Å²) in [5.41, 5.74) is 2.30. The summed E-state index contributed by atoms with van der Waals surface area (Å²) in [4.78, 5) is 32.3. The minimum Gasteiger partial charge on any atom is -0.340 e. The molecule has 0 aromatic heterocycles. The fraction of sp³-hybridized carbons (Fsp3) is 0.667. The number of urea groups is 1. The van der Waals surface area contributed by atoms with Crippen LogP contribution in [0.5, 0.6) is 0 Å². The predicted octanol–water partition coefficient (Wildman–Crippen LogP) is 3.26. The predicted molar refractivity (Wildman–Crippen MR) is 120 cm³/mol. The van der Waals surface area contributed by atoms with Crippen LogP contribution in [0.1, 0.15) is 51.5 Å². The summed E-state index contributed by atoms with van der Waals surface area (Å²) in [6, 6.07) is 8.95. The van der Waals surface area contributed by atoms with Gasteiger partial charge in [-0.1, -0.05) is 18.2 Å². The molecule has 6 heteroatoms. The molecule has 6 nitrogen and oxygen atoms in total. The lowest BCUT2D eigenvalue weighted by atomic mass is 9.85. The monoisotopic (exact) mass is 412 g/mol. The van der Waals surface area contributed by atoms with Crippen molar-refractivity contribution in [2.45, 2.75) is 64.5 Å². The van der Waals surface area contributed by atoms with Crippen molar-refractivity contribution in [2.75, 3.05) is 37.6 Å². The van der Waals surface area contributed by atoms with Crippen LogP contribution in [-0.4, -0.2) is 66.5 Å². The highest BCUT2D eigenvalue weighted by Crippen LogP contribution is 2.29. The fourth-order valence-electron chi connectivity index (χ4n) is 5.20. The van der Waals surface area contributed by atoms with Crippen LogP contribution >= 0.6 is 0 Å². The summed E-state index contributed by atoms with van der Waals surface area (Å²) in [5, 5.41) is 3.24. The number of hydrogen-bond donors (Lipinski definition) is 1. The molecule has 1 N–H and O–H groups in total. The molecule has 0 radical (unpaired) electrons. The lowest BCUT2D eigenvalue weighted by Gasteiger charge is -2.39. The van der Waals surface area contributed by atoms with Crippen molar-refractivity contribution >= 4 is 17.6 Å². The second-order valence-corrected chi connectivity index (χ2v) is 9.34. The summed E-state index contributed by atoms with van der Waals surface area (Å²) in [5.74, 6) is 0.451. The molecule has 1 saturated heterocycles. The average Bonchev–Trinajstić information content (AvgIpc) is 2.78. The maximum absolute atomic E-state index is 13.0. The first-order valence-electron chi connectivity index (χ1n) is 11.7. The molecule has 0 bridgehead atoms. The van der Waals surface area contributed by atoms with E-state index in [-0.39, 0.29) is 18.0 Å². The van der Waals surface area contributed by atoms with Crippen LogP contribution in [0.3, 0.4) is 0 Å². The van der Waals surface area contributed by atoms with Gasteiger partial charge in [0.15, 0.2) is 0 Å². The molecule has 0 unspecified atom stereocenters. The van der Waals surface area contributed by atoms with E-state index in [0.29, 0.717) is 11.9 Å². The van der Waals surface area contributed by atoms with Crippen molar-refractivity contribution in [1.29, 1.82) is 0 Å². The van der Waals surface area contributed by atoms with E-state index in [4.69, 9.17) is 0 Å². The summed E-state index contributed by atoms with van der Waals surface area (Å²) in [6.07, 6.45) is 5.59. The molecule has 1 saturated carbocycles. The minimum absolute atomic E-state index is 0.0155. The van der Waals surface area contributed by atoms with Crippen molar-refractivity contribution in [1.82, 2.24) is 15.1 Å². The van der Waals surface area contributed by atoms with Gasteiger partial charge < -0.3 is 10.2 Å². The Kier molecular flexibility index (Phi) is 6.61. The van der Waals surface area contributed by atoms with Gasteiger partial charge in [0.1, 0.15) is 0 Å². The standard InChI is InChI=1S/C24H36N4O2/c1-18(2)26-14-16-27(17-15-26)23(29)20-9-11-21(12-10-20)25-24(30)28-13-5-7-19-6-3-4-8-22(19)28/h3-4,6,8,18,20-21H,5,7,9-17H2,1-2H3,(H,25,30). The van der Waals surface area contributed by atoms with Gasteiger partial charge in [-0.2, -0.15) is 0 Å². The van der Waals surface area contributed by atoms with E-state index in [1.165, 1.54) is 5.56 Å². The SMILES string of the molecule is CC(C)N1CCN(C(=O)C2CCC(NC(=O)N3CCCc4ccccc43)CC2)CC1. The molecule has 1 aliphatic carbocycles. The van der Waals surface area contributed by atoms with Crippen LogP contribution < -0.4 is 10.2 Å². The molecule has 2 fully saturated rings. The second kappa shape index (κ2) is 9.38. The van der Waals surface area contributed by atoms with Crippen LogP contribution in [0.2, 0.25) is 0 Å². The van der Waals surface area contributed by atoms with Gasteiger partial charge >= 0.3 is 6.03 Å². The topological polar surface area (TPSA) is 55.9 Å². The van der Waals surface area contributed by atoms with Crippen LogP contribution in [-0.2, 0) is 11.2 Å². The number of hydrogen-bond acceptors (Lipinski definition) is 3. The summed E-state index contributed by atoms with van der Waals surface area (Å²) < 4.78 is 0. The molecule has 3 amide bonds. The van der Waals surface area contributed by atoms with Crippen molar-refractivity contribution < 1.29 is 9.59 Å². The van der Waals surface area contributed by atoms with E-state index < -0.39 is 0 Å². The number of piperazine rings is 1. The Morgan fingerprint density at radius 1 is 0.967 bits per heavy atom. The van der Waals surface area contributed by atoms with Crippen LogP contribution in [0, 0.1) is 5.92 Å². The number of carbonyl (C=O) groups excluding carboxylic acids is 2. The highest BCUT2D eigenvalue weighted by Gasteiger charge is 2.32. The van der Waals surface area contributed by atoms with E-state index in [0.717, 1.165) is 76.9 Å². The Balaban J connectivity index is 1.25. The van der Waals surface area contributed by atoms with Gasteiger partial charge in [-0.3, -0.25) is 14.6 Å². The van der Waals surface area contributed by atoms with E-state index >= 15 is 0 Å². The zero-order chi connectivity index (χ0) is 21.1. The highest BCUT2D eigenvalue weighted by molar-refractivity contribution is 5.93. The number of para-hydroxylation sites is 1. The first-order chi connectivity index (χ1) is 14.5. The van der Waals surface area contributed by atoms with Crippen molar-refractivity contribution in [2.24, 2.45) is 5.92 Å². The zero-order valence-corrected chi connectivity index (χ0v) is 18.5. The third-order valence-corrected chi connectivity index (χ3v) is 7.12. The molecule has 0 spiro atoms. The third kappa shape index (κ3) is 4.64. The number of rotatable bonds is 3. The number of carbonyl (C=O) groups is 2. The quantitative estimate of drug-likeness (QED) is 0.829. The molecular weight excluding hydrogens is 376 g/mol. The number of fused-ring (bicyclic) bond motifs is 1. The summed E-state index contributed by atoms with van der Waals surface area (Å²) in [7, 11) is 0. The van der Waals surface area contributed by atoms with Gasteiger partial charge in [0, 0.05) is 56.4 Å². The Bertz CT molecular complexity index is 749. The Morgan fingerprint density at radius 3 is 2.37 bits per heavy atom. The molecule has 2 aliphatic heterocycles. The molecular formula is C24H36N4O2. The van der Waals surface area contributed by atoms with Gasteiger partial charge in [-0.25, -0.2) is 4.79 Å². The molecule has 164 valence electrons. The number of nitrogens with one attached hydrogen (secondary N) is 1. The number of anilines is 1. The maximum Gasteiger partial charge on any atom is 0.322 e. The second-order valence-electron chi connectivity index (χ2n) is 9.34. The first kappa shape index (κ1) is 21.2. The van der Waals surface area contributed by atoms with E-state index in [1.807, 2.05) is 23.1 Å². The lowest BCUT2D eigenvalue weighted by molar-refractivity contribution is -0.138. The normalized spacial score (nSPS) is 25.2. The number of benzene rings is 1. The molecule has 30 heavy (non-hydrogen) atoms. The smallest absolute Gasteiger partial charge is 0.322 e. The molecule has 3 aliphatic rings. The zero-order valence-electron chi connectivity index (χ0n) is 18.5. The van der Waals surface area contributed by atoms with Crippen molar-refractivity contribution in [3.63, 3.8) is 0 Å². The number of aryl methyl sites for hydroxylation is 1. The minimum atomic E-state index is 0.0155. The van der Waals surface area contributed by atoms with Crippen molar-refractivity contribution in [3.8, 4) is 0 Å². The van der Waals surface area contributed by atoms with Gasteiger partial charge in [0.2, 0.25) is 5.91 Å². The first-order valence-corrected chi connectivity index (χ1v) is 11.7. The van der Waals surface area contributed by atoms with Crippen LogP contribution in [0.15, 0.2) is 24.3 Å². The molecule has 4 rings (SSSR count). The summed E-state index contributed by atoms with van der Waals surface area (Å²) in [6.45, 7) is 8.87. The Hall–Kier alpha value is -2.08. The highest BCUT2D eigenvalue weighted by atomic mass is 16.2. The number of amides is 3. The van der Waals surface area contributed by atoms with Crippen LogP contribution in [0.25, 0.3) is 0 Å². The molecule has 1 aromatic rings. The number of nitrogens with zero attached hydrogens (tertiary/aromatic N) is 3. The average molecular weight is 413 g/mol. The van der Waals surface area contributed by atoms with Crippen molar-refractivity contribution in [3.05, 3.63) is 29.8 Å². The van der Waals surface area contributed by atoms with E-state index in [1.54, 1.807) is 0 Å². The van der Waals surface area contributed by atoms with Crippen LogP contribution in [0.4, 0.5) is 10.5 Å². The van der Waals surface area contributed by atoms with E-state index in [2.05, 4.69) is 35.0 Å². The fourth-order valence-corrected chi connectivity index (χ4v) is 5.20. The Morgan fingerprint density at radius 2 is 1.67 bits per heavy atom.